The number of benzene rings is 3. The van der Waals surface area contributed by atoms with E-state index in [2.05, 4.69) is 5.32 Å². The molecule has 10 heteroatoms. The Hall–Kier alpha value is -3.56. The summed E-state index contributed by atoms with van der Waals surface area (Å²) in [6.45, 7) is 6.88. The first kappa shape index (κ1) is 31.0. The summed E-state index contributed by atoms with van der Waals surface area (Å²) in [5.41, 5.74) is 1.91. The number of methoxy groups -OCH3 is 1. The Morgan fingerprint density at radius 2 is 1.65 bits per heavy atom. The Kier molecular flexibility index (Phi) is 10.6. The highest BCUT2D eigenvalue weighted by atomic mass is 35.5. The lowest BCUT2D eigenvalue weighted by molar-refractivity contribution is -0.139. The van der Waals surface area contributed by atoms with Crippen LogP contribution in [-0.2, 0) is 26.2 Å². The topological polar surface area (TPSA) is 96.0 Å². The highest BCUT2D eigenvalue weighted by Crippen LogP contribution is 2.26. The van der Waals surface area contributed by atoms with Crippen molar-refractivity contribution in [3.8, 4) is 5.75 Å². The molecule has 0 aliphatic carbocycles. The summed E-state index contributed by atoms with van der Waals surface area (Å²) in [7, 11) is -2.60. The lowest BCUT2D eigenvalue weighted by Gasteiger charge is -2.32. The largest absolute Gasteiger partial charge is 0.497 e. The fourth-order valence-electron chi connectivity index (χ4n) is 3.99. The molecule has 0 bridgehead atoms. The first-order valence-corrected chi connectivity index (χ1v) is 14.9. The van der Waals surface area contributed by atoms with Crippen LogP contribution in [0.4, 0.5) is 5.69 Å². The van der Waals surface area contributed by atoms with Crippen molar-refractivity contribution in [1.29, 1.82) is 0 Å². The van der Waals surface area contributed by atoms with Gasteiger partial charge < -0.3 is 15.0 Å². The number of carbonyl (C=O) groups is 2. The molecule has 8 nitrogen and oxygen atoms in total. The van der Waals surface area contributed by atoms with Crippen molar-refractivity contribution < 1.29 is 22.7 Å². The van der Waals surface area contributed by atoms with Gasteiger partial charge >= 0.3 is 0 Å². The summed E-state index contributed by atoms with van der Waals surface area (Å²) in [5, 5.41) is 3.35. The zero-order valence-electron chi connectivity index (χ0n) is 23.4. The maximum Gasteiger partial charge on any atom is 0.264 e. The van der Waals surface area contributed by atoms with E-state index in [0.29, 0.717) is 10.8 Å². The Labute approximate surface area is 241 Å². The van der Waals surface area contributed by atoms with Gasteiger partial charge in [0, 0.05) is 17.6 Å². The van der Waals surface area contributed by atoms with Crippen LogP contribution in [0.3, 0.4) is 0 Å². The van der Waals surface area contributed by atoms with Crippen molar-refractivity contribution in [2.45, 2.75) is 57.6 Å². The minimum atomic E-state index is -4.14. The second kappa shape index (κ2) is 13.7. The summed E-state index contributed by atoms with van der Waals surface area (Å²) >= 11 is 6.07. The van der Waals surface area contributed by atoms with Crippen molar-refractivity contribution in [1.82, 2.24) is 10.2 Å². The summed E-state index contributed by atoms with van der Waals surface area (Å²) < 4.78 is 34.1. The number of halogens is 1. The van der Waals surface area contributed by atoms with E-state index in [9.17, 15) is 18.0 Å². The molecule has 0 radical (unpaired) electrons. The van der Waals surface area contributed by atoms with Crippen LogP contribution in [0, 0.1) is 6.92 Å². The first-order chi connectivity index (χ1) is 19.0. The molecule has 0 spiro atoms. The van der Waals surface area contributed by atoms with Gasteiger partial charge in [-0.3, -0.25) is 13.9 Å². The van der Waals surface area contributed by atoms with E-state index in [1.807, 2.05) is 26.8 Å². The Morgan fingerprint density at radius 3 is 2.25 bits per heavy atom. The monoisotopic (exact) mass is 585 g/mol. The van der Waals surface area contributed by atoms with E-state index in [1.54, 1.807) is 68.6 Å². The Bertz CT molecular complexity index is 1410. The van der Waals surface area contributed by atoms with Gasteiger partial charge in [0.15, 0.2) is 0 Å². The van der Waals surface area contributed by atoms with E-state index in [4.69, 9.17) is 16.3 Å². The van der Waals surface area contributed by atoms with Gasteiger partial charge in [-0.1, -0.05) is 48.4 Å². The van der Waals surface area contributed by atoms with Gasteiger partial charge in [0.2, 0.25) is 11.8 Å². The van der Waals surface area contributed by atoms with Crippen LogP contribution in [0.25, 0.3) is 0 Å². The summed E-state index contributed by atoms with van der Waals surface area (Å²) in [6, 6.07) is 18.9. The fraction of sp³-hybridized carbons (Fsp3) is 0.333. The highest BCUT2D eigenvalue weighted by molar-refractivity contribution is 7.92. The molecule has 3 aromatic carbocycles. The lowest BCUT2D eigenvalue weighted by Crippen LogP contribution is -2.52. The second-order valence-electron chi connectivity index (χ2n) is 9.67. The van der Waals surface area contributed by atoms with Crippen LogP contribution in [-0.4, -0.2) is 50.9 Å². The average molecular weight is 586 g/mol. The van der Waals surface area contributed by atoms with Gasteiger partial charge in [-0.15, -0.1) is 0 Å². The summed E-state index contributed by atoms with van der Waals surface area (Å²) in [6.07, 6.45) is 0.724. The fourth-order valence-corrected chi connectivity index (χ4v) is 5.53. The summed E-state index contributed by atoms with van der Waals surface area (Å²) in [4.78, 5) is 28.5. The molecule has 0 saturated carbocycles. The third-order valence-corrected chi connectivity index (χ3v) is 8.70. The van der Waals surface area contributed by atoms with Crippen LogP contribution < -0.4 is 14.4 Å². The van der Waals surface area contributed by atoms with Crippen LogP contribution in [0.5, 0.6) is 5.75 Å². The van der Waals surface area contributed by atoms with Crippen molar-refractivity contribution in [3.05, 3.63) is 88.9 Å². The molecule has 0 aliphatic rings. The number of ether oxygens (including phenoxy) is 1. The number of sulfonamides is 1. The van der Waals surface area contributed by atoms with Gasteiger partial charge in [-0.25, -0.2) is 8.42 Å². The third kappa shape index (κ3) is 7.76. The molecule has 0 saturated heterocycles. The third-order valence-electron chi connectivity index (χ3n) is 6.66. The van der Waals surface area contributed by atoms with E-state index in [1.165, 1.54) is 17.0 Å². The van der Waals surface area contributed by atoms with E-state index in [-0.39, 0.29) is 29.1 Å². The molecule has 2 amide bonds. The van der Waals surface area contributed by atoms with E-state index >= 15 is 0 Å². The molecular weight excluding hydrogens is 550 g/mol. The molecule has 214 valence electrons. The number of nitrogens with zero attached hydrogens (tertiary/aromatic N) is 2. The van der Waals surface area contributed by atoms with Crippen LogP contribution in [0.1, 0.15) is 38.3 Å². The van der Waals surface area contributed by atoms with Crippen LogP contribution in [0.15, 0.2) is 77.7 Å². The maximum atomic E-state index is 14.0. The molecule has 3 rings (SSSR count). The minimum Gasteiger partial charge on any atom is -0.497 e. The number of rotatable bonds is 12. The molecule has 3 aromatic rings. The normalized spacial score (nSPS) is 12.8. The van der Waals surface area contributed by atoms with Gasteiger partial charge in [0.05, 0.1) is 17.7 Å². The number of amides is 2. The molecule has 40 heavy (non-hydrogen) atoms. The van der Waals surface area contributed by atoms with E-state index < -0.39 is 28.5 Å². The standard InChI is InChI=1S/C30H36ClN3O5S/c1-6-22(3)32-30(36)23(4)33(19-24-8-7-9-27(18-24)39-5)29(35)20-34(26-14-12-25(31)13-15-26)40(37,38)28-16-10-21(2)11-17-28/h7-18,22-23H,6,19-20H2,1-5H3,(H,32,36)/t22-,23+/m0/s1. The van der Waals surface area contributed by atoms with Crippen molar-refractivity contribution in [2.24, 2.45) is 0 Å². The number of anilines is 1. The molecule has 0 unspecified atom stereocenters. The second-order valence-corrected chi connectivity index (χ2v) is 12.0. The molecule has 0 fully saturated rings. The minimum absolute atomic E-state index is 0.0442. The Morgan fingerprint density at radius 1 is 1.00 bits per heavy atom. The number of aryl methyl sites for hydroxylation is 1. The average Bonchev–Trinajstić information content (AvgIpc) is 2.94. The van der Waals surface area contributed by atoms with Gasteiger partial charge in [-0.2, -0.15) is 0 Å². The van der Waals surface area contributed by atoms with Crippen LogP contribution in [0.2, 0.25) is 5.02 Å². The quantitative estimate of drug-likeness (QED) is 0.316. The number of nitrogens with one attached hydrogen (secondary N) is 1. The Balaban J connectivity index is 2.03. The lowest BCUT2D eigenvalue weighted by atomic mass is 10.1. The smallest absolute Gasteiger partial charge is 0.264 e. The van der Waals surface area contributed by atoms with Gasteiger partial charge in [0.1, 0.15) is 18.3 Å². The van der Waals surface area contributed by atoms with Crippen molar-refractivity contribution in [3.63, 3.8) is 0 Å². The zero-order chi connectivity index (χ0) is 29.4. The van der Waals surface area contributed by atoms with Crippen molar-refractivity contribution in [2.75, 3.05) is 18.0 Å². The number of carbonyl (C=O) groups excluding carboxylic acids is 2. The SMILES string of the molecule is CC[C@H](C)NC(=O)[C@@H](C)N(Cc1cccc(OC)c1)C(=O)CN(c1ccc(Cl)cc1)S(=O)(=O)c1ccc(C)cc1. The zero-order valence-corrected chi connectivity index (χ0v) is 25.0. The molecule has 0 aliphatic heterocycles. The molecular formula is C30H36ClN3O5S. The maximum absolute atomic E-state index is 14.0. The molecule has 2 atom stereocenters. The highest BCUT2D eigenvalue weighted by Gasteiger charge is 2.32. The predicted octanol–water partition coefficient (Wildman–Crippen LogP) is 5.18. The number of hydrogen-bond acceptors (Lipinski definition) is 5. The first-order valence-electron chi connectivity index (χ1n) is 13.0. The molecule has 0 aromatic heterocycles. The van der Waals surface area contributed by atoms with Crippen LogP contribution >= 0.6 is 11.6 Å². The van der Waals surface area contributed by atoms with E-state index in [0.717, 1.165) is 21.9 Å². The predicted molar refractivity (Wildman–Crippen MR) is 158 cm³/mol. The molecule has 1 N–H and O–H groups in total. The summed E-state index contributed by atoms with van der Waals surface area (Å²) in [5.74, 6) is -0.267. The number of hydrogen-bond donors (Lipinski definition) is 1. The van der Waals surface area contributed by atoms with Gasteiger partial charge in [0.25, 0.3) is 10.0 Å². The molecule has 0 heterocycles. The van der Waals surface area contributed by atoms with Gasteiger partial charge in [-0.05, 0) is 81.3 Å². The van der Waals surface area contributed by atoms with Crippen molar-refractivity contribution >= 4 is 39.1 Å².